The maximum Gasteiger partial charge on any atom is 0.327 e. The Morgan fingerprint density at radius 2 is 1.46 bits per heavy atom. The van der Waals surface area contributed by atoms with Crippen LogP contribution in [0.1, 0.15) is 92.4 Å². The number of amides is 2. The molecule has 0 fully saturated rings. The van der Waals surface area contributed by atoms with Gasteiger partial charge in [-0.05, 0) is 37.5 Å². The lowest BCUT2D eigenvalue weighted by Gasteiger charge is -2.19. The van der Waals surface area contributed by atoms with E-state index in [-0.39, 0.29) is 5.75 Å². The van der Waals surface area contributed by atoms with Gasteiger partial charge in [-0.25, -0.2) is 9.59 Å². The van der Waals surface area contributed by atoms with Gasteiger partial charge in [0.25, 0.3) is 0 Å². The fourth-order valence-corrected chi connectivity index (χ4v) is 4.91. The van der Waals surface area contributed by atoms with Gasteiger partial charge in [-0.2, -0.15) is 11.8 Å². The zero-order valence-electron chi connectivity index (χ0n) is 22.8. The summed E-state index contributed by atoms with van der Waals surface area (Å²) in [6.07, 6.45) is 13.6. The number of allylic oxidation sites excluding steroid dienone is 1. The molecule has 0 bridgehead atoms. The second-order valence-electron chi connectivity index (χ2n) is 10.5. The number of urea groups is 1. The minimum atomic E-state index is -1.15. The first-order valence-corrected chi connectivity index (χ1v) is 14.3. The predicted octanol–water partition coefficient (Wildman–Crippen LogP) is 6.28. The number of hydrogen-bond acceptors (Lipinski definition) is 4. The van der Waals surface area contributed by atoms with Crippen LogP contribution in [0.3, 0.4) is 0 Å². The monoisotopic (exact) mass is 514 g/mol. The number of nitrogens with one attached hydrogen (secondary N) is 1. The summed E-state index contributed by atoms with van der Waals surface area (Å²) in [6.45, 7) is 11.0. The molecule has 0 radical (unpaired) electrons. The highest BCUT2D eigenvalue weighted by Gasteiger charge is 2.22. The number of carbonyl (C=O) groups is 3. The second-order valence-corrected chi connectivity index (χ2v) is 11.6. The Morgan fingerprint density at radius 1 is 0.914 bits per heavy atom. The van der Waals surface area contributed by atoms with Crippen molar-refractivity contribution in [1.29, 1.82) is 0 Å². The van der Waals surface area contributed by atoms with E-state index < -0.39 is 30.6 Å². The van der Waals surface area contributed by atoms with Gasteiger partial charge < -0.3 is 20.4 Å². The van der Waals surface area contributed by atoms with E-state index in [1.165, 1.54) is 75.7 Å². The van der Waals surface area contributed by atoms with Crippen molar-refractivity contribution in [3.8, 4) is 0 Å². The Morgan fingerprint density at radius 3 is 1.97 bits per heavy atom. The Hall–Kier alpha value is -1.70. The van der Waals surface area contributed by atoms with Crippen LogP contribution in [0.4, 0.5) is 4.79 Å². The van der Waals surface area contributed by atoms with E-state index in [0.29, 0.717) is 5.75 Å². The van der Waals surface area contributed by atoms with Gasteiger partial charge in [0.15, 0.2) is 0 Å². The molecule has 0 spiro atoms. The van der Waals surface area contributed by atoms with Crippen LogP contribution in [0.25, 0.3) is 0 Å². The molecular weight excluding hydrogens is 464 g/mol. The molecule has 0 aliphatic carbocycles. The molecule has 204 valence electrons. The number of carboxylic acid groups (broad SMARTS) is 2. The third-order valence-corrected chi connectivity index (χ3v) is 7.26. The maximum absolute atomic E-state index is 11.9. The summed E-state index contributed by atoms with van der Waals surface area (Å²) in [4.78, 5) is 35.0. The molecule has 3 N–H and O–H groups in total. The van der Waals surface area contributed by atoms with Gasteiger partial charge in [-0.1, -0.05) is 84.3 Å². The van der Waals surface area contributed by atoms with Crippen LogP contribution >= 0.6 is 11.8 Å². The maximum atomic E-state index is 11.9. The van der Waals surface area contributed by atoms with Gasteiger partial charge in [0, 0.05) is 18.6 Å². The first-order chi connectivity index (χ1) is 16.4. The van der Waals surface area contributed by atoms with Crippen molar-refractivity contribution in [2.45, 2.75) is 98.4 Å². The highest BCUT2D eigenvalue weighted by atomic mass is 32.2. The van der Waals surface area contributed by atoms with Crippen LogP contribution in [0.15, 0.2) is 11.6 Å². The van der Waals surface area contributed by atoms with Crippen molar-refractivity contribution >= 4 is 29.7 Å². The van der Waals surface area contributed by atoms with E-state index in [1.807, 2.05) is 0 Å². The van der Waals surface area contributed by atoms with Crippen LogP contribution in [-0.2, 0) is 9.59 Å². The van der Waals surface area contributed by atoms with Crippen LogP contribution in [0, 0.1) is 17.8 Å². The van der Waals surface area contributed by atoms with Crippen LogP contribution in [-0.4, -0.2) is 64.2 Å². The summed E-state index contributed by atoms with van der Waals surface area (Å²) >= 11 is 1.44. The number of likely N-dealkylation sites (N-methyl/N-ethyl adjacent to an activating group) is 1. The normalized spacial score (nSPS) is 14.4. The van der Waals surface area contributed by atoms with Gasteiger partial charge >= 0.3 is 18.0 Å². The Labute approximate surface area is 217 Å². The van der Waals surface area contributed by atoms with Crippen molar-refractivity contribution in [1.82, 2.24) is 10.2 Å². The molecule has 3 atom stereocenters. The van der Waals surface area contributed by atoms with Gasteiger partial charge in [-0.3, -0.25) is 4.79 Å². The predicted molar refractivity (Wildman–Crippen MR) is 146 cm³/mol. The molecule has 8 heteroatoms. The van der Waals surface area contributed by atoms with Crippen molar-refractivity contribution in [2.75, 3.05) is 25.1 Å². The second kappa shape index (κ2) is 19.5. The summed E-state index contributed by atoms with van der Waals surface area (Å²) in [5, 5.41) is 20.5. The summed E-state index contributed by atoms with van der Waals surface area (Å²) < 4.78 is 0. The number of aliphatic carboxylic acids is 2. The summed E-state index contributed by atoms with van der Waals surface area (Å²) in [5.41, 5.74) is 1.31. The Kier molecular flexibility index (Phi) is 18.5. The molecule has 0 aromatic carbocycles. The van der Waals surface area contributed by atoms with E-state index >= 15 is 0 Å². The molecule has 0 aliphatic rings. The summed E-state index contributed by atoms with van der Waals surface area (Å²) in [6, 6.07) is -1.77. The minimum absolute atomic E-state index is 0.221. The molecule has 2 unspecified atom stereocenters. The Balaban J connectivity index is 4.08. The third kappa shape index (κ3) is 19.2. The molecule has 0 aromatic heterocycles. The standard InChI is InChI=1S/C27H50N2O5S/c1-20(2)10-7-11-21(3)12-8-13-22(4)14-9-15-23(5)16-17-35-19-24(26(32)33)28-27(34)29(6)18-25(30)31/h16,20-22,24H,7-15,17-19H2,1-6H3,(H,28,34)(H,30,31)(H,32,33)/b23-16+/t21?,22?,24-/m0/s1. The van der Waals surface area contributed by atoms with Gasteiger partial charge in [-0.15, -0.1) is 0 Å². The van der Waals surface area contributed by atoms with Crippen molar-refractivity contribution in [3.05, 3.63) is 11.6 Å². The minimum Gasteiger partial charge on any atom is -0.480 e. The first kappa shape index (κ1) is 33.3. The SMILES string of the molecule is C/C(=C\CSC[C@H](NC(=O)N(C)CC(=O)O)C(=O)O)CCCC(C)CCCC(C)CCCC(C)C. The van der Waals surface area contributed by atoms with Gasteiger partial charge in [0.1, 0.15) is 12.6 Å². The smallest absolute Gasteiger partial charge is 0.327 e. The van der Waals surface area contributed by atoms with E-state index in [9.17, 15) is 19.5 Å². The third-order valence-electron chi connectivity index (χ3n) is 6.29. The zero-order chi connectivity index (χ0) is 26.8. The van der Waals surface area contributed by atoms with Crippen molar-refractivity contribution < 1.29 is 24.6 Å². The van der Waals surface area contributed by atoms with Gasteiger partial charge in [0.05, 0.1) is 0 Å². The zero-order valence-corrected chi connectivity index (χ0v) is 23.7. The molecule has 35 heavy (non-hydrogen) atoms. The lowest BCUT2D eigenvalue weighted by Crippen LogP contribution is -2.49. The van der Waals surface area contributed by atoms with E-state index in [4.69, 9.17) is 5.11 Å². The van der Waals surface area contributed by atoms with Gasteiger partial charge in [0.2, 0.25) is 0 Å². The highest BCUT2D eigenvalue weighted by molar-refractivity contribution is 7.99. The lowest BCUT2D eigenvalue weighted by atomic mass is 9.91. The number of nitrogens with zero attached hydrogens (tertiary/aromatic N) is 1. The molecular formula is C27H50N2O5S. The average molecular weight is 515 g/mol. The summed E-state index contributed by atoms with van der Waals surface area (Å²) in [7, 11) is 1.32. The highest BCUT2D eigenvalue weighted by Crippen LogP contribution is 2.22. The summed E-state index contributed by atoms with van der Waals surface area (Å²) in [5.74, 6) is 1.02. The van der Waals surface area contributed by atoms with E-state index in [1.54, 1.807) is 0 Å². The Bertz CT molecular complexity index is 653. The van der Waals surface area contributed by atoms with E-state index in [0.717, 1.165) is 29.1 Å². The number of thioether (sulfide) groups is 1. The molecule has 0 rings (SSSR count). The first-order valence-electron chi connectivity index (χ1n) is 13.1. The van der Waals surface area contributed by atoms with Crippen LogP contribution < -0.4 is 5.32 Å². The molecule has 7 nitrogen and oxygen atoms in total. The van der Waals surface area contributed by atoms with E-state index in [2.05, 4.69) is 46.0 Å². The molecule has 0 aromatic rings. The molecule has 0 saturated carbocycles. The fraction of sp³-hybridized carbons (Fsp3) is 0.815. The lowest BCUT2D eigenvalue weighted by molar-refractivity contribution is -0.138. The van der Waals surface area contributed by atoms with Crippen LogP contribution in [0.5, 0.6) is 0 Å². The number of rotatable bonds is 20. The fourth-order valence-electron chi connectivity index (χ4n) is 3.91. The molecule has 0 aliphatic heterocycles. The largest absolute Gasteiger partial charge is 0.480 e. The van der Waals surface area contributed by atoms with Crippen molar-refractivity contribution in [3.63, 3.8) is 0 Å². The number of carboxylic acids is 2. The average Bonchev–Trinajstić information content (AvgIpc) is 2.74. The topological polar surface area (TPSA) is 107 Å². The van der Waals surface area contributed by atoms with Crippen molar-refractivity contribution in [2.24, 2.45) is 17.8 Å². The number of hydrogen-bond donors (Lipinski definition) is 3. The number of carbonyl (C=O) groups excluding carboxylic acids is 1. The quantitative estimate of drug-likeness (QED) is 0.130. The molecule has 0 saturated heterocycles. The van der Waals surface area contributed by atoms with Crippen LogP contribution in [0.2, 0.25) is 0 Å². The molecule has 2 amide bonds. The molecule has 0 heterocycles.